The summed E-state index contributed by atoms with van der Waals surface area (Å²) in [6.07, 6.45) is 2.04. The van der Waals surface area contributed by atoms with E-state index in [4.69, 9.17) is 0 Å². The van der Waals surface area contributed by atoms with Gasteiger partial charge in [-0.05, 0) is 47.4 Å². The van der Waals surface area contributed by atoms with Crippen molar-refractivity contribution in [1.82, 2.24) is 25.5 Å². The van der Waals surface area contributed by atoms with E-state index in [1.54, 1.807) is 4.68 Å². The Bertz CT molecular complexity index is 653. The molecule has 0 aliphatic carbocycles. The first-order chi connectivity index (χ1) is 11.5. The normalized spacial score (nSPS) is 12.4. The Morgan fingerprint density at radius 1 is 1.25 bits per heavy atom. The highest BCUT2D eigenvalue weighted by atomic mass is 32.2. The van der Waals surface area contributed by atoms with Crippen molar-refractivity contribution in [2.45, 2.75) is 57.7 Å². The van der Waals surface area contributed by atoms with Gasteiger partial charge in [-0.3, -0.25) is 4.79 Å². The first-order valence-corrected chi connectivity index (χ1v) is 9.30. The Labute approximate surface area is 147 Å². The number of rotatable bonds is 8. The second-order valence-electron chi connectivity index (χ2n) is 6.17. The summed E-state index contributed by atoms with van der Waals surface area (Å²) in [7, 11) is 0. The molecule has 2 rings (SSSR count). The zero-order chi connectivity index (χ0) is 17.5. The van der Waals surface area contributed by atoms with Crippen molar-refractivity contribution in [1.29, 1.82) is 0 Å². The number of amides is 1. The van der Waals surface area contributed by atoms with Crippen LogP contribution in [0.1, 0.15) is 52.0 Å². The standard InChI is InChI=1S/C17H25N5OS/c1-5-6-13(4)18-16(23)11-24-17-19-20-21-22(17)15-9-7-14(8-10-15)12(2)3/h7-10,12-13H,5-6,11H2,1-4H3,(H,18,23). The molecule has 24 heavy (non-hydrogen) atoms. The van der Waals surface area contributed by atoms with Crippen LogP contribution in [0.2, 0.25) is 0 Å². The lowest BCUT2D eigenvalue weighted by atomic mass is 10.0. The van der Waals surface area contributed by atoms with Crippen molar-refractivity contribution in [3.05, 3.63) is 29.8 Å². The van der Waals surface area contributed by atoms with Crippen LogP contribution >= 0.6 is 11.8 Å². The highest BCUT2D eigenvalue weighted by Gasteiger charge is 2.13. The summed E-state index contributed by atoms with van der Waals surface area (Å²) in [6, 6.07) is 8.35. The van der Waals surface area contributed by atoms with Gasteiger partial charge in [-0.15, -0.1) is 5.10 Å². The number of tetrazole rings is 1. The van der Waals surface area contributed by atoms with Crippen LogP contribution in [0.25, 0.3) is 5.69 Å². The molecule has 1 heterocycles. The minimum absolute atomic E-state index is 0.00524. The molecule has 7 heteroatoms. The number of nitrogens with zero attached hydrogens (tertiary/aromatic N) is 4. The van der Waals surface area contributed by atoms with E-state index in [0.717, 1.165) is 18.5 Å². The Kier molecular flexibility index (Phi) is 6.78. The predicted molar refractivity (Wildman–Crippen MR) is 96.5 cm³/mol. The monoisotopic (exact) mass is 347 g/mol. The number of thioether (sulfide) groups is 1. The summed E-state index contributed by atoms with van der Waals surface area (Å²) in [5, 5.41) is 15.4. The van der Waals surface area contributed by atoms with Crippen molar-refractivity contribution < 1.29 is 4.79 Å². The second-order valence-corrected chi connectivity index (χ2v) is 7.11. The predicted octanol–water partition coefficient (Wildman–Crippen LogP) is 3.18. The van der Waals surface area contributed by atoms with Gasteiger partial charge in [-0.1, -0.05) is 51.1 Å². The first kappa shape index (κ1) is 18.4. The van der Waals surface area contributed by atoms with E-state index in [9.17, 15) is 4.79 Å². The van der Waals surface area contributed by atoms with E-state index in [1.165, 1.54) is 17.3 Å². The summed E-state index contributed by atoms with van der Waals surface area (Å²) in [6.45, 7) is 8.44. The molecule has 1 atom stereocenters. The smallest absolute Gasteiger partial charge is 0.230 e. The number of nitrogens with one attached hydrogen (secondary N) is 1. The van der Waals surface area contributed by atoms with Crippen molar-refractivity contribution in [3.8, 4) is 5.69 Å². The molecule has 0 fully saturated rings. The maximum atomic E-state index is 12.0. The summed E-state index contributed by atoms with van der Waals surface area (Å²) in [5.74, 6) is 0.791. The molecule has 0 saturated carbocycles. The maximum absolute atomic E-state index is 12.0. The van der Waals surface area contributed by atoms with Gasteiger partial charge in [0, 0.05) is 6.04 Å². The van der Waals surface area contributed by atoms with E-state index < -0.39 is 0 Å². The fourth-order valence-corrected chi connectivity index (χ4v) is 3.09. The van der Waals surface area contributed by atoms with E-state index >= 15 is 0 Å². The third kappa shape index (κ3) is 5.06. The van der Waals surface area contributed by atoms with Gasteiger partial charge in [0.15, 0.2) is 0 Å². The molecule has 1 aromatic carbocycles. The molecule has 130 valence electrons. The van der Waals surface area contributed by atoms with Crippen LogP contribution in [0, 0.1) is 0 Å². The topological polar surface area (TPSA) is 72.7 Å². The Morgan fingerprint density at radius 2 is 1.96 bits per heavy atom. The van der Waals surface area contributed by atoms with Crippen LogP contribution in [0.3, 0.4) is 0 Å². The van der Waals surface area contributed by atoms with Gasteiger partial charge in [0.25, 0.3) is 0 Å². The van der Waals surface area contributed by atoms with Gasteiger partial charge in [0.05, 0.1) is 11.4 Å². The van der Waals surface area contributed by atoms with Crippen LogP contribution in [-0.4, -0.2) is 37.9 Å². The third-order valence-corrected chi connectivity index (χ3v) is 4.63. The van der Waals surface area contributed by atoms with E-state index in [1.807, 2.05) is 19.1 Å². The molecule has 2 aromatic rings. The minimum atomic E-state index is 0.00524. The molecular weight excluding hydrogens is 322 g/mol. The van der Waals surface area contributed by atoms with Crippen LogP contribution in [0.15, 0.2) is 29.4 Å². The number of carbonyl (C=O) groups excluding carboxylic acids is 1. The molecule has 1 amide bonds. The third-order valence-electron chi connectivity index (χ3n) is 3.71. The molecule has 6 nitrogen and oxygen atoms in total. The molecular formula is C17H25N5OS. The average Bonchev–Trinajstić information content (AvgIpc) is 3.01. The zero-order valence-electron chi connectivity index (χ0n) is 14.7. The van der Waals surface area contributed by atoms with E-state index in [-0.39, 0.29) is 11.9 Å². The van der Waals surface area contributed by atoms with Gasteiger partial charge in [0.2, 0.25) is 11.1 Å². The number of hydrogen-bond acceptors (Lipinski definition) is 5. The average molecular weight is 347 g/mol. The number of hydrogen-bond donors (Lipinski definition) is 1. The summed E-state index contributed by atoms with van der Waals surface area (Å²) in [4.78, 5) is 12.0. The van der Waals surface area contributed by atoms with Crippen LogP contribution in [-0.2, 0) is 4.79 Å². The summed E-state index contributed by atoms with van der Waals surface area (Å²) < 4.78 is 1.66. The Morgan fingerprint density at radius 3 is 2.58 bits per heavy atom. The maximum Gasteiger partial charge on any atom is 0.230 e. The highest BCUT2D eigenvalue weighted by molar-refractivity contribution is 7.99. The highest BCUT2D eigenvalue weighted by Crippen LogP contribution is 2.20. The first-order valence-electron chi connectivity index (χ1n) is 8.32. The van der Waals surface area contributed by atoms with Gasteiger partial charge < -0.3 is 5.32 Å². The summed E-state index contributed by atoms with van der Waals surface area (Å²) in [5.41, 5.74) is 2.16. The van der Waals surface area contributed by atoms with Gasteiger partial charge in [-0.25, -0.2) is 0 Å². The lowest BCUT2D eigenvalue weighted by molar-refractivity contribution is -0.119. The molecule has 1 aromatic heterocycles. The largest absolute Gasteiger partial charge is 0.353 e. The van der Waals surface area contributed by atoms with Gasteiger partial charge >= 0.3 is 0 Å². The van der Waals surface area contributed by atoms with Crippen molar-refractivity contribution in [3.63, 3.8) is 0 Å². The molecule has 0 aliphatic heterocycles. The molecule has 0 aliphatic rings. The van der Waals surface area contributed by atoms with Gasteiger partial charge in [-0.2, -0.15) is 4.68 Å². The van der Waals surface area contributed by atoms with Crippen molar-refractivity contribution >= 4 is 17.7 Å². The van der Waals surface area contributed by atoms with Crippen LogP contribution in [0.5, 0.6) is 0 Å². The number of benzene rings is 1. The quantitative estimate of drug-likeness (QED) is 0.743. The molecule has 0 saturated heterocycles. The van der Waals surface area contributed by atoms with Crippen LogP contribution < -0.4 is 5.32 Å². The lowest BCUT2D eigenvalue weighted by Crippen LogP contribution is -2.33. The molecule has 1 unspecified atom stereocenters. The Hall–Kier alpha value is -1.89. The number of aromatic nitrogens is 4. The lowest BCUT2D eigenvalue weighted by Gasteiger charge is -2.12. The van der Waals surface area contributed by atoms with Crippen molar-refractivity contribution in [2.75, 3.05) is 5.75 Å². The molecule has 0 radical (unpaired) electrons. The minimum Gasteiger partial charge on any atom is -0.353 e. The van der Waals surface area contributed by atoms with E-state index in [0.29, 0.717) is 16.8 Å². The second kappa shape index (κ2) is 8.82. The summed E-state index contributed by atoms with van der Waals surface area (Å²) >= 11 is 1.34. The molecule has 0 bridgehead atoms. The fourth-order valence-electron chi connectivity index (χ4n) is 2.38. The van der Waals surface area contributed by atoms with E-state index in [2.05, 4.69) is 53.7 Å². The zero-order valence-corrected chi connectivity index (χ0v) is 15.5. The Balaban J connectivity index is 1.99. The molecule has 1 N–H and O–H groups in total. The van der Waals surface area contributed by atoms with Crippen molar-refractivity contribution in [2.24, 2.45) is 0 Å². The van der Waals surface area contributed by atoms with Crippen LogP contribution in [0.4, 0.5) is 0 Å². The number of carbonyl (C=O) groups is 1. The SMILES string of the molecule is CCCC(C)NC(=O)CSc1nnnn1-c1ccc(C(C)C)cc1. The molecule has 0 spiro atoms. The fraction of sp³-hybridized carbons (Fsp3) is 0.529. The van der Waals surface area contributed by atoms with Gasteiger partial charge in [0.1, 0.15) is 0 Å².